The minimum atomic E-state index is -3.61. The van der Waals surface area contributed by atoms with Gasteiger partial charge in [0.25, 0.3) is 0 Å². The normalized spacial score (nSPS) is 12.1. The molecule has 0 saturated carbocycles. The minimum absolute atomic E-state index is 0.0320. The molecule has 2 N–H and O–H groups in total. The number of hydrogen-bond donors (Lipinski definition) is 2. The summed E-state index contributed by atoms with van der Waals surface area (Å²) in [5.74, 6) is 0.295. The Kier molecular flexibility index (Phi) is 5.49. The van der Waals surface area contributed by atoms with Crippen molar-refractivity contribution in [1.29, 1.82) is 0 Å². The highest BCUT2D eigenvalue weighted by Crippen LogP contribution is 2.31. The van der Waals surface area contributed by atoms with E-state index in [9.17, 15) is 8.42 Å². The zero-order valence-electron chi connectivity index (χ0n) is 13.1. The third-order valence-electron chi connectivity index (χ3n) is 2.99. The second-order valence-electron chi connectivity index (χ2n) is 5.87. The summed E-state index contributed by atoms with van der Waals surface area (Å²) in [4.78, 5) is 7.73. The maximum absolute atomic E-state index is 12.3. The first kappa shape index (κ1) is 19.1. The van der Waals surface area contributed by atoms with Crippen molar-refractivity contribution in [2.75, 3.05) is 10.0 Å². The average Bonchev–Trinajstić information content (AvgIpc) is 2.45. The Bertz CT molecular complexity index is 867. The molecule has 1 aromatic carbocycles. The van der Waals surface area contributed by atoms with Gasteiger partial charge in [-0.25, -0.2) is 13.4 Å². The van der Waals surface area contributed by atoms with Gasteiger partial charge in [-0.3, -0.25) is 4.72 Å². The average molecular weight is 410 g/mol. The topological polar surface area (TPSA) is 84.0 Å². The summed E-state index contributed by atoms with van der Waals surface area (Å²) in [5, 5.41) is 3.51. The van der Waals surface area contributed by atoms with E-state index in [1.807, 2.05) is 0 Å². The number of nitrogens with one attached hydrogen (secondary N) is 2. The third-order valence-corrected chi connectivity index (χ3v) is 5.88. The molecular formula is C14H15Cl3N4O2S. The first-order chi connectivity index (χ1) is 11.0. The second-order valence-corrected chi connectivity index (χ2v) is 9.46. The van der Waals surface area contributed by atoms with E-state index in [4.69, 9.17) is 34.8 Å². The molecule has 0 unspecified atom stereocenters. The molecule has 130 valence electrons. The molecule has 1 heterocycles. The SMILES string of the molecule is CC(C)(C)S(=O)(=O)Nc1cc(Nc2nc(Cl)ncc2Cl)ccc1Cl. The Balaban J connectivity index is 2.34. The maximum Gasteiger partial charge on any atom is 0.237 e. The summed E-state index contributed by atoms with van der Waals surface area (Å²) in [7, 11) is -3.61. The van der Waals surface area contributed by atoms with Crippen molar-refractivity contribution in [2.24, 2.45) is 0 Å². The van der Waals surface area contributed by atoms with Crippen LogP contribution in [0.5, 0.6) is 0 Å². The van der Waals surface area contributed by atoms with Crippen LogP contribution in [0, 0.1) is 0 Å². The summed E-state index contributed by atoms with van der Waals surface area (Å²) in [6, 6.07) is 4.75. The van der Waals surface area contributed by atoms with E-state index in [1.165, 1.54) is 12.3 Å². The van der Waals surface area contributed by atoms with Crippen LogP contribution < -0.4 is 10.0 Å². The fourth-order valence-corrected chi connectivity index (χ4v) is 2.81. The Morgan fingerprint density at radius 3 is 2.38 bits per heavy atom. The molecule has 0 fully saturated rings. The van der Waals surface area contributed by atoms with Gasteiger partial charge in [-0.15, -0.1) is 0 Å². The van der Waals surface area contributed by atoms with Gasteiger partial charge in [-0.1, -0.05) is 23.2 Å². The number of halogens is 3. The number of aromatic nitrogens is 2. The predicted octanol–water partition coefficient (Wildman–Crippen LogP) is 4.72. The van der Waals surface area contributed by atoms with Crippen LogP contribution in [0.25, 0.3) is 0 Å². The molecule has 24 heavy (non-hydrogen) atoms. The first-order valence-corrected chi connectivity index (χ1v) is 9.38. The van der Waals surface area contributed by atoms with E-state index in [0.717, 1.165) is 0 Å². The molecule has 0 amide bonds. The molecule has 10 heteroatoms. The van der Waals surface area contributed by atoms with Gasteiger partial charge in [-0.05, 0) is 50.6 Å². The summed E-state index contributed by atoms with van der Waals surface area (Å²) in [6.45, 7) is 4.77. The van der Waals surface area contributed by atoms with Gasteiger partial charge >= 0.3 is 0 Å². The van der Waals surface area contributed by atoms with Crippen molar-refractivity contribution in [2.45, 2.75) is 25.5 Å². The minimum Gasteiger partial charge on any atom is -0.339 e. The first-order valence-electron chi connectivity index (χ1n) is 6.76. The summed E-state index contributed by atoms with van der Waals surface area (Å²) in [5.41, 5.74) is 0.774. The Morgan fingerprint density at radius 2 is 1.75 bits per heavy atom. The predicted molar refractivity (Wildman–Crippen MR) is 99.1 cm³/mol. The lowest BCUT2D eigenvalue weighted by Gasteiger charge is -2.21. The van der Waals surface area contributed by atoms with Crippen LogP contribution in [0.2, 0.25) is 15.3 Å². The molecule has 0 spiro atoms. The number of benzene rings is 1. The van der Waals surface area contributed by atoms with Crippen LogP contribution in [0.15, 0.2) is 24.4 Å². The molecule has 6 nitrogen and oxygen atoms in total. The van der Waals surface area contributed by atoms with E-state index >= 15 is 0 Å². The van der Waals surface area contributed by atoms with Crippen LogP contribution in [0.3, 0.4) is 0 Å². The zero-order chi connectivity index (χ0) is 18.1. The van der Waals surface area contributed by atoms with Gasteiger partial charge in [0.2, 0.25) is 15.3 Å². The van der Waals surface area contributed by atoms with Gasteiger partial charge in [0, 0.05) is 5.69 Å². The lowest BCUT2D eigenvalue weighted by Crippen LogP contribution is -2.33. The van der Waals surface area contributed by atoms with Crippen molar-refractivity contribution in [3.05, 3.63) is 39.7 Å². The van der Waals surface area contributed by atoms with Crippen LogP contribution in [0.4, 0.5) is 17.2 Å². The van der Waals surface area contributed by atoms with E-state index in [2.05, 4.69) is 20.0 Å². The smallest absolute Gasteiger partial charge is 0.237 e. The summed E-state index contributed by atoms with van der Waals surface area (Å²) >= 11 is 17.8. The number of rotatable bonds is 4. The third kappa shape index (κ3) is 4.42. The highest BCUT2D eigenvalue weighted by Gasteiger charge is 2.29. The van der Waals surface area contributed by atoms with Gasteiger partial charge in [0.1, 0.15) is 5.02 Å². The van der Waals surface area contributed by atoms with E-state index in [0.29, 0.717) is 11.5 Å². The van der Waals surface area contributed by atoms with E-state index in [1.54, 1.807) is 32.9 Å². The number of hydrogen-bond acceptors (Lipinski definition) is 5. The van der Waals surface area contributed by atoms with Gasteiger partial charge in [-0.2, -0.15) is 4.98 Å². The Morgan fingerprint density at radius 1 is 1.08 bits per heavy atom. The molecule has 2 rings (SSSR count). The molecule has 2 aromatic rings. The highest BCUT2D eigenvalue weighted by molar-refractivity contribution is 7.94. The lowest BCUT2D eigenvalue weighted by atomic mass is 10.3. The maximum atomic E-state index is 12.3. The molecule has 0 aliphatic heterocycles. The van der Waals surface area contributed by atoms with Crippen LogP contribution >= 0.6 is 34.8 Å². The quantitative estimate of drug-likeness (QED) is 0.714. The highest BCUT2D eigenvalue weighted by atomic mass is 35.5. The van der Waals surface area contributed by atoms with Crippen molar-refractivity contribution in [3.8, 4) is 0 Å². The molecule has 0 saturated heterocycles. The molecule has 0 aliphatic rings. The van der Waals surface area contributed by atoms with Gasteiger partial charge in [0.05, 0.1) is 21.7 Å². The number of nitrogens with zero attached hydrogens (tertiary/aromatic N) is 2. The van der Waals surface area contributed by atoms with Gasteiger partial charge in [0.15, 0.2) is 5.82 Å². The summed E-state index contributed by atoms with van der Waals surface area (Å²) < 4.78 is 26.1. The molecule has 0 bridgehead atoms. The van der Waals surface area contributed by atoms with Crippen LogP contribution in [-0.2, 0) is 10.0 Å². The van der Waals surface area contributed by atoms with Crippen LogP contribution in [-0.4, -0.2) is 23.1 Å². The monoisotopic (exact) mass is 408 g/mol. The molecule has 0 aliphatic carbocycles. The van der Waals surface area contributed by atoms with Crippen molar-refractivity contribution in [1.82, 2.24) is 9.97 Å². The van der Waals surface area contributed by atoms with Crippen molar-refractivity contribution < 1.29 is 8.42 Å². The molecular weight excluding hydrogens is 395 g/mol. The van der Waals surface area contributed by atoms with E-state index in [-0.39, 0.29) is 21.0 Å². The fraction of sp³-hybridized carbons (Fsp3) is 0.286. The number of sulfonamides is 1. The fourth-order valence-electron chi connectivity index (χ4n) is 1.55. The standard InChI is InChI=1S/C14H15Cl3N4O2S/c1-14(2,3)24(22,23)21-11-6-8(4-5-9(11)15)19-12-10(16)7-18-13(17)20-12/h4-7,21H,1-3H3,(H,18,19,20). The van der Waals surface area contributed by atoms with E-state index < -0.39 is 14.8 Å². The lowest BCUT2D eigenvalue weighted by molar-refractivity contribution is 0.566. The Hall–Kier alpha value is -1.28. The number of anilines is 3. The largest absolute Gasteiger partial charge is 0.339 e. The molecule has 0 atom stereocenters. The molecule has 1 aromatic heterocycles. The summed E-state index contributed by atoms with van der Waals surface area (Å²) in [6.07, 6.45) is 1.36. The van der Waals surface area contributed by atoms with Crippen molar-refractivity contribution in [3.63, 3.8) is 0 Å². The second kappa shape index (κ2) is 6.92. The van der Waals surface area contributed by atoms with Crippen molar-refractivity contribution >= 4 is 62.0 Å². The Labute approximate surface area is 155 Å². The van der Waals surface area contributed by atoms with Crippen LogP contribution in [0.1, 0.15) is 20.8 Å². The van der Waals surface area contributed by atoms with Gasteiger partial charge < -0.3 is 5.32 Å². The molecule has 0 radical (unpaired) electrons. The zero-order valence-corrected chi connectivity index (χ0v) is 16.1.